The molecular weight excluding hydrogens is 234 g/mol. The molecule has 0 bridgehead atoms. The van der Waals surface area contributed by atoms with Crippen molar-refractivity contribution in [2.24, 2.45) is 0 Å². The summed E-state index contributed by atoms with van der Waals surface area (Å²) in [6.07, 6.45) is 1.91. The van der Waals surface area contributed by atoms with E-state index in [1.54, 1.807) is 0 Å². The van der Waals surface area contributed by atoms with Crippen molar-refractivity contribution in [3.63, 3.8) is 0 Å². The summed E-state index contributed by atoms with van der Waals surface area (Å²) >= 11 is 0. The number of rotatable bonds is 3. The van der Waals surface area contributed by atoms with E-state index in [2.05, 4.69) is 17.1 Å². The minimum atomic E-state index is -0.130. The number of Topliss-reactive ketones (excluding diaryl/α,β-unsaturated/α-hetero) is 1. The summed E-state index contributed by atoms with van der Waals surface area (Å²) in [7, 11) is 0. The van der Waals surface area contributed by atoms with Gasteiger partial charge in [0.2, 0.25) is 0 Å². The first-order valence-corrected chi connectivity index (χ1v) is 6.42. The number of hydrogen-bond donors (Lipinski definition) is 1. The average Bonchev–Trinajstić information content (AvgIpc) is 2.94. The molecular formula is C17H15NO. The van der Waals surface area contributed by atoms with E-state index >= 15 is 0 Å². The van der Waals surface area contributed by atoms with Crippen LogP contribution in [0.5, 0.6) is 0 Å². The molecule has 19 heavy (non-hydrogen) atoms. The van der Waals surface area contributed by atoms with Crippen LogP contribution in [0.3, 0.4) is 0 Å². The molecule has 1 N–H and O–H groups in total. The predicted molar refractivity (Wildman–Crippen MR) is 77.5 cm³/mol. The van der Waals surface area contributed by atoms with Crippen molar-refractivity contribution in [1.29, 1.82) is 0 Å². The molecule has 0 saturated heterocycles. The minimum absolute atomic E-state index is 0.130. The first-order valence-electron chi connectivity index (χ1n) is 6.42. The zero-order valence-electron chi connectivity index (χ0n) is 10.8. The SMILES string of the molecule is CC(C(=O)c1ccccc1)c1ccc2cc[nH]c2c1. The van der Waals surface area contributed by atoms with Gasteiger partial charge in [0.15, 0.2) is 5.78 Å². The number of H-pyrrole nitrogens is 1. The van der Waals surface area contributed by atoms with Crippen LogP contribution in [0.1, 0.15) is 28.8 Å². The molecule has 0 saturated carbocycles. The normalized spacial score (nSPS) is 12.5. The van der Waals surface area contributed by atoms with Gasteiger partial charge in [0.05, 0.1) is 0 Å². The van der Waals surface area contributed by atoms with E-state index in [0.717, 1.165) is 16.6 Å². The van der Waals surface area contributed by atoms with Crippen LogP contribution >= 0.6 is 0 Å². The van der Waals surface area contributed by atoms with Crippen LogP contribution in [0.15, 0.2) is 60.8 Å². The summed E-state index contributed by atoms with van der Waals surface area (Å²) in [6, 6.07) is 17.6. The van der Waals surface area contributed by atoms with Crippen LogP contribution < -0.4 is 0 Å². The molecule has 1 aromatic heterocycles. The van der Waals surface area contributed by atoms with Crippen molar-refractivity contribution >= 4 is 16.7 Å². The highest BCUT2D eigenvalue weighted by atomic mass is 16.1. The lowest BCUT2D eigenvalue weighted by Crippen LogP contribution is -2.09. The van der Waals surface area contributed by atoms with Crippen molar-refractivity contribution in [2.75, 3.05) is 0 Å². The number of hydrogen-bond acceptors (Lipinski definition) is 1. The summed E-state index contributed by atoms with van der Waals surface area (Å²) in [4.78, 5) is 15.6. The average molecular weight is 249 g/mol. The van der Waals surface area contributed by atoms with Crippen molar-refractivity contribution in [2.45, 2.75) is 12.8 Å². The topological polar surface area (TPSA) is 32.9 Å². The van der Waals surface area contributed by atoms with Gasteiger partial charge in [-0.15, -0.1) is 0 Å². The van der Waals surface area contributed by atoms with E-state index < -0.39 is 0 Å². The predicted octanol–water partition coefficient (Wildman–Crippen LogP) is 4.15. The Morgan fingerprint density at radius 2 is 1.84 bits per heavy atom. The summed E-state index contributed by atoms with van der Waals surface area (Å²) in [6.45, 7) is 1.96. The molecule has 1 unspecified atom stereocenters. The molecule has 0 radical (unpaired) electrons. The fraction of sp³-hybridized carbons (Fsp3) is 0.118. The fourth-order valence-corrected chi connectivity index (χ4v) is 2.34. The number of fused-ring (bicyclic) bond motifs is 1. The summed E-state index contributed by atoms with van der Waals surface area (Å²) in [5, 5.41) is 1.17. The van der Waals surface area contributed by atoms with E-state index in [9.17, 15) is 4.79 Å². The fourth-order valence-electron chi connectivity index (χ4n) is 2.34. The Labute approximate surface area is 112 Å². The van der Waals surface area contributed by atoms with Crippen molar-refractivity contribution in [3.8, 4) is 0 Å². The molecule has 0 aliphatic rings. The van der Waals surface area contributed by atoms with Crippen LogP contribution in [-0.2, 0) is 0 Å². The molecule has 0 amide bonds. The molecule has 2 heteroatoms. The van der Waals surface area contributed by atoms with Gasteiger partial charge in [0, 0.05) is 23.2 Å². The zero-order valence-corrected chi connectivity index (χ0v) is 10.8. The molecule has 3 aromatic rings. The van der Waals surface area contributed by atoms with Gasteiger partial charge >= 0.3 is 0 Å². The lowest BCUT2D eigenvalue weighted by molar-refractivity contribution is 0.0966. The molecule has 1 atom stereocenters. The lowest BCUT2D eigenvalue weighted by atomic mass is 9.92. The first-order chi connectivity index (χ1) is 9.25. The highest BCUT2D eigenvalue weighted by Gasteiger charge is 2.17. The maximum absolute atomic E-state index is 12.4. The molecule has 0 aliphatic heterocycles. The summed E-state index contributed by atoms with van der Waals surface area (Å²) in [5.41, 5.74) is 2.88. The molecule has 0 fully saturated rings. The van der Waals surface area contributed by atoms with Gasteiger partial charge in [-0.05, 0) is 23.1 Å². The van der Waals surface area contributed by atoms with E-state index in [-0.39, 0.29) is 11.7 Å². The third kappa shape index (κ3) is 2.17. The Bertz CT molecular complexity index is 712. The minimum Gasteiger partial charge on any atom is -0.361 e. The van der Waals surface area contributed by atoms with Crippen molar-refractivity contribution in [3.05, 3.63) is 71.9 Å². The Kier molecular flexibility index (Phi) is 2.92. The number of carbonyl (C=O) groups is 1. The van der Waals surface area contributed by atoms with Crippen LogP contribution in [-0.4, -0.2) is 10.8 Å². The second kappa shape index (κ2) is 4.73. The molecule has 2 nitrogen and oxygen atoms in total. The molecule has 0 spiro atoms. The number of aromatic amines is 1. The number of ketones is 1. The zero-order chi connectivity index (χ0) is 13.2. The van der Waals surface area contributed by atoms with Gasteiger partial charge in [0.1, 0.15) is 0 Å². The highest BCUT2D eigenvalue weighted by molar-refractivity contribution is 6.01. The first kappa shape index (κ1) is 11.7. The molecule has 1 heterocycles. The number of aromatic nitrogens is 1. The standard InChI is InChI=1S/C17H15NO/c1-12(17(19)14-5-3-2-4-6-14)15-8-7-13-9-10-18-16(13)11-15/h2-12,18H,1H3. The maximum Gasteiger partial charge on any atom is 0.170 e. The van der Waals surface area contributed by atoms with Gasteiger partial charge in [-0.25, -0.2) is 0 Å². The largest absolute Gasteiger partial charge is 0.361 e. The second-order valence-electron chi connectivity index (χ2n) is 4.78. The van der Waals surface area contributed by atoms with Gasteiger partial charge in [-0.1, -0.05) is 49.4 Å². The Morgan fingerprint density at radius 3 is 2.63 bits per heavy atom. The van der Waals surface area contributed by atoms with Crippen LogP contribution in [0.4, 0.5) is 0 Å². The third-order valence-electron chi connectivity index (χ3n) is 3.53. The number of nitrogens with one attached hydrogen (secondary N) is 1. The second-order valence-corrected chi connectivity index (χ2v) is 4.78. The van der Waals surface area contributed by atoms with Gasteiger partial charge in [-0.3, -0.25) is 4.79 Å². The third-order valence-corrected chi connectivity index (χ3v) is 3.53. The summed E-state index contributed by atoms with van der Waals surface area (Å²) in [5.74, 6) is 0.0293. The Balaban J connectivity index is 1.94. The van der Waals surface area contributed by atoms with E-state index in [4.69, 9.17) is 0 Å². The van der Waals surface area contributed by atoms with E-state index in [1.165, 1.54) is 5.39 Å². The van der Waals surface area contributed by atoms with Crippen molar-refractivity contribution < 1.29 is 4.79 Å². The molecule has 3 rings (SSSR count). The van der Waals surface area contributed by atoms with Gasteiger partial charge in [0.25, 0.3) is 0 Å². The number of carbonyl (C=O) groups excluding carboxylic acids is 1. The molecule has 2 aromatic carbocycles. The Morgan fingerprint density at radius 1 is 1.05 bits per heavy atom. The summed E-state index contributed by atoms with van der Waals surface area (Å²) < 4.78 is 0. The maximum atomic E-state index is 12.4. The van der Waals surface area contributed by atoms with Crippen LogP contribution in [0, 0.1) is 0 Å². The monoisotopic (exact) mass is 249 g/mol. The van der Waals surface area contributed by atoms with Crippen molar-refractivity contribution in [1.82, 2.24) is 4.98 Å². The Hall–Kier alpha value is -2.35. The highest BCUT2D eigenvalue weighted by Crippen LogP contribution is 2.24. The quantitative estimate of drug-likeness (QED) is 0.695. The van der Waals surface area contributed by atoms with Gasteiger partial charge < -0.3 is 4.98 Å². The van der Waals surface area contributed by atoms with E-state index in [0.29, 0.717) is 0 Å². The molecule has 0 aliphatic carbocycles. The smallest absolute Gasteiger partial charge is 0.170 e. The van der Waals surface area contributed by atoms with Gasteiger partial charge in [-0.2, -0.15) is 0 Å². The van der Waals surface area contributed by atoms with E-state index in [1.807, 2.05) is 55.6 Å². The number of benzene rings is 2. The molecule has 94 valence electrons. The van der Waals surface area contributed by atoms with Crippen LogP contribution in [0.25, 0.3) is 10.9 Å². The van der Waals surface area contributed by atoms with Crippen LogP contribution in [0.2, 0.25) is 0 Å². The lowest BCUT2D eigenvalue weighted by Gasteiger charge is -2.11.